The molecule has 0 bridgehead atoms. The van der Waals surface area contributed by atoms with E-state index in [2.05, 4.69) is 48.6 Å². The zero-order chi connectivity index (χ0) is 15.0. The van der Waals surface area contributed by atoms with Gasteiger partial charge in [-0.25, -0.2) is 0 Å². The summed E-state index contributed by atoms with van der Waals surface area (Å²) in [6.07, 6.45) is 8.07. The molecule has 1 aromatic rings. The Morgan fingerprint density at radius 1 is 1.00 bits per heavy atom. The average molecular weight is 291 g/mol. The predicted octanol–water partition coefficient (Wildman–Crippen LogP) is 3.09. The molecule has 1 saturated heterocycles. The number of morpholine rings is 1. The maximum Gasteiger partial charge on any atom is 0.0678 e. The molecule has 1 saturated carbocycles. The van der Waals surface area contributed by atoms with Crippen LogP contribution in [-0.2, 0) is 4.74 Å². The van der Waals surface area contributed by atoms with Crippen molar-refractivity contribution in [1.82, 2.24) is 14.7 Å². The van der Waals surface area contributed by atoms with Gasteiger partial charge in [0.1, 0.15) is 0 Å². The fourth-order valence-corrected chi connectivity index (χ4v) is 3.96. The highest BCUT2D eigenvalue weighted by Gasteiger charge is 2.31. The highest BCUT2D eigenvalue weighted by molar-refractivity contribution is 5.13. The Hall–Kier alpha value is -0.870. The number of hydrogen-bond acceptors (Lipinski definition) is 3. The van der Waals surface area contributed by atoms with E-state index in [0.29, 0.717) is 18.2 Å². The van der Waals surface area contributed by atoms with Gasteiger partial charge in [-0.3, -0.25) is 9.58 Å². The Labute approximate surface area is 128 Å². The summed E-state index contributed by atoms with van der Waals surface area (Å²) in [6, 6.07) is 1.34. The van der Waals surface area contributed by atoms with Crippen LogP contribution in [0.3, 0.4) is 0 Å². The van der Waals surface area contributed by atoms with Crippen LogP contribution < -0.4 is 0 Å². The molecule has 0 spiro atoms. The monoisotopic (exact) mass is 291 g/mol. The third kappa shape index (κ3) is 3.32. The third-order valence-electron chi connectivity index (χ3n) is 5.17. The molecular weight excluding hydrogens is 262 g/mol. The third-order valence-corrected chi connectivity index (χ3v) is 5.17. The summed E-state index contributed by atoms with van der Waals surface area (Å²) in [5.41, 5.74) is 2.49. The molecule has 21 heavy (non-hydrogen) atoms. The van der Waals surface area contributed by atoms with Gasteiger partial charge < -0.3 is 4.74 Å². The van der Waals surface area contributed by atoms with Crippen molar-refractivity contribution >= 4 is 0 Å². The maximum absolute atomic E-state index is 5.86. The summed E-state index contributed by atoms with van der Waals surface area (Å²) in [4.78, 5) is 2.66. The van der Waals surface area contributed by atoms with Crippen molar-refractivity contribution in [3.05, 3.63) is 17.5 Å². The number of hydrogen-bond donors (Lipinski definition) is 0. The zero-order valence-electron chi connectivity index (χ0n) is 13.9. The molecule has 1 aliphatic carbocycles. The van der Waals surface area contributed by atoms with Gasteiger partial charge in [-0.15, -0.1) is 0 Å². The van der Waals surface area contributed by atoms with Gasteiger partial charge in [0.15, 0.2) is 0 Å². The molecule has 4 nitrogen and oxygen atoms in total. The van der Waals surface area contributed by atoms with Crippen molar-refractivity contribution < 1.29 is 4.74 Å². The summed E-state index contributed by atoms with van der Waals surface area (Å²) >= 11 is 0. The summed E-state index contributed by atoms with van der Waals surface area (Å²) in [5.74, 6) is 0. The molecule has 2 atom stereocenters. The van der Waals surface area contributed by atoms with Gasteiger partial charge >= 0.3 is 0 Å². The minimum absolute atomic E-state index is 0.378. The Kier molecular flexibility index (Phi) is 4.36. The maximum atomic E-state index is 5.86. The van der Waals surface area contributed by atoms with E-state index < -0.39 is 0 Å². The number of aromatic nitrogens is 2. The van der Waals surface area contributed by atoms with Crippen molar-refractivity contribution in [2.45, 2.75) is 77.7 Å². The van der Waals surface area contributed by atoms with Crippen molar-refractivity contribution in [3.8, 4) is 0 Å². The predicted molar refractivity (Wildman–Crippen MR) is 84.6 cm³/mol. The molecule has 2 aliphatic rings. The van der Waals surface area contributed by atoms with Crippen LogP contribution in [0.4, 0.5) is 0 Å². The van der Waals surface area contributed by atoms with E-state index in [1.165, 1.54) is 36.9 Å². The summed E-state index contributed by atoms with van der Waals surface area (Å²) in [7, 11) is 0. The van der Waals surface area contributed by atoms with E-state index in [-0.39, 0.29) is 0 Å². The van der Waals surface area contributed by atoms with E-state index in [1.54, 1.807) is 0 Å². The minimum Gasteiger partial charge on any atom is -0.373 e. The Bertz CT molecular complexity index is 447. The first-order valence-corrected chi connectivity index (χ1v) is 8.44. The van der Waals surface area contributed by atoms with Crippen LogP contribution in [0.2, 0.25) is 0 Å². The molecule has 3 rings (SSSR count). The van der Waals surface area contributed by atoms with Crippen LogP contribution in [0.5, 0.6) is 0 Å². The molecule has 0 aromatic carbocycles. The number of aryl methyl sites for hydroxylation is 2. The lowest BCUT2D eigenvalue weighted by molar-refractivity contribution is -0.0852. The molecule has 2 heterocycles. The zero-order valence-corrected chi connectivity index (χ0v) is 13.9. The number of nitrogens with zero attached hydrogens (tertiary/aromatic N) is 3. The SMILES string of the molecule is Cc1cn([C@H]2CC[C@H](N3C[C@@H](C)O[C@@H](C)C3)CC2)nc1C. The summed E-state index contributed by atoms with van der Waals surface area (Å²) in [6.45, 7) is 10.8. The smallest absolute Gasteiger partial charge is 0.0678 e. The summed E-state index contributed by atoms with van der Waals surface area (Å²) in [5, 5.41) is 4.68. The van der Waals surface area contributed by atoms with E-state index >= 15 is 0 Å². The fourth-order valence-electron chi connectivity index (χ4n) is 3.96. The van der Waals surface area contributed by atoms with Gasteiger partial charge in [0.25, 0.3) is 0 Å². The number of rotatable bonds is 2. The quantitative estimate of drug-likeness (QED) is 0.839. The van der Waals surface area contributed by atoms with Crippen LogP contribution in [0, 0.1) is 13.8 Å². The van der Waals surface area contributed by atoms with E-state index in [9.17, 15) is 0 Å². The Morgan fingerprint density at radius 3 is 2.10 bits per heavy atom. The van der Waals surface area contributed by atoms with E-state index in [1.807, 2.05) is 0 Å². The van der Waals surface area contributed by atoms with E-state index in [0.717, 1.165) is 19.1 Å². The van der Waals surface area contributed by atoms with E-state index in [4.69, 9.17) is 4.74 Å². The highest BCUT2D eigenvalue weighted by Crippen LogP contribution is 2.32. The van der Waals surface area contributed by atoms with Gasteiger partial charge in [-0.05, 0) is 58.9 Å². The molecule has 0 radical (unpaired) electrons. The molecule has 1 aliphatic heterocycles. The minimum atomic E-state index is 0.378. The standard InChI is InChI=1S/C17H29N3O/c1-12-9-20(18-15(12)4)17-7-5-16(6-8-17)19-10-13(2)21-14(3)11-19/h9,13-14,16-17H,5-8,10-11H2,1-4H3/t13-,14+,16-,17-. The average Bonchev–Trinajstić information content (AvgIpc) is 2.78. The molecule has 0 N–H and O–H groups in total. The molecule has 118 valence electrons. The highest BCUT2D eigenvalue weighted by atomic mass is 16.5. The van der Waals surface area contributed by atoms with Gasteiger partial charge in [0, 0.05) is 25.3 Å². The Balaban J connectivity index is 1.57. The number of ether oxygens (including phenoxy) is 1. The first-order valence-electron chi connectivity index (χ1n) is 8.44. The largest absolute Gasteiger partial charge is 0.373 e. The second-order valence-corrected chi connectivity index (χ2v) is 7.05. The normalized spacial score (nSPS) is 35.0. The van der Waals surface area contributed by atoms with Gasteiger partial charge in [0.2, 0.25) is 0 Å². The molecule has 1 aromatic heterocycles. The summed E-state index contributed by atoms with van der Waals surface area (Å²) < 4.78 is 8.07. The lowest BCUT2D eigenvalue weighted by Crippen LogP contribution is -2.51. The van der Waals surface area contributed by atoms with Gasteiger partial charge in [0.05, 0.1) is 23.9 Å². The van der Waals surface area contributed by atoms with Crippen molar-refractivity contribution in [2.75, 3.05) is 13.1 Å². The van der Waals surface area contributed by atoms with Gasteiger partial charge in [-0.1, -0.05) is 0 Å². The Morgan fingerprint density at radius 2 is 1.57 bits per heavy atom. The second kappa shape index (κ2) is 6.09. The van der Waals surface area contributed by atoms with Crippen LogP contribution in [-0.4, -0.2) is 46.0 Å². The van der Waals surface area contributed by atoms with Crippen LogP contribution in [0.1, 0.15) is 56.8 Å². The van der Waals surface area contributed by atoms with Crippen molar-refractivity contribution in [2.24, 2.45) is 0 Å². The molecule has 0 unspecified atom stereocenters. The second-order valence-electron chi connectivity index (χ2n) is 7.05. The van der Waals surface area contributed by atoms with Crippen molar-refractivity contribution in [3.63, 3.8) is 0 Å². The fraction of sp³-hybridized carbons (Fsp3) is 0.824. The van der Waals surface area contributed by atoms with Gasteiger partial charge in [-0.2, -0.15) is 5.10 Å². The lowest BCUT2D eigenvalue weighted by atomic mass is 9.89. The van der Waals surface area contributed by atoms with Crippen molar-refractivity contribution in [1.29, 1.82) is 0 Å². The van der Waals surface area contributed by atoms with Crippen LogP contribution in [0.25, 0.3) is 0 Å². The molecule has 0 amide bonds. The topological polar surface area (TPSA) is 30.3 Å². The molecular formula is C17H29N3O. The van der Waals surface area contributed by atoms with Crippen LogP contribution in [0.15, 0.2) is 6.20 Å². The first kappa shape index (κ1) is 15.0. The lowest BCUT2D eigenvalue weighted by Gasteiger charge is -2.42. The molecule has 2 fully saturated rings. The van der Waals surface area contributed by atoms with Crippen LogP contribution >= 0.6 is 0 Å². The first-order chi connectivity index (χ1) is 10.0. The molecule has 4 heteroatoms.